The summed E-state index contributed by atoms with van der Waals surface area (Å²) >= 11 is 0. The summed E-state index contributed by atoms with van der Waals surface area (Å²) in [6.07, 6.45) is 12.5. The molecule has 0 amide bonds. The monoisotopic (exact) mass is 234 g/mol. The maximum Gasteiger partial charge on any atom is -0.0325 e. The van der Waals surface area contributed by atoms with Gasteiger partial charge in [-0.1, -0.05) is 53.5 Å². The Balaban J connectivity index is -0.0000000833. The smallest absolute Gasteiger partial charge is 0.0325 e. The molecular weight excluding hydrogens is 199 g/mol. The maximum atomic E-state index is 2.31. The fraction of sp³-hybridized carbons (Fsp3) is 0.714. The van der Waals surface area contributed by atoms with E-state index in [4.69, 9.17) is 0 Å². The van der Waals surface area contributed by atoms with Gasteiger partial charge in [0.25, 0.3) is 0 Å². The zero-order chi connectivity index (χ0) is 8.53. The van der Waals surface area contributed by atoms with E-state index in [9.17, 15) is 0 Å². The number of allylic oxidation sites excluding steroid dienone is 4. The molecule has 15 heavy (non-hydrogen) atoms. The van der Waals surface area contributed by atoms with Crippen LogP contribution in [-0.4, -0.2) is 0 Å². The summed E-state index contributed by atoms with van der Waals surface area (Å²) in [5, 5.41) is 0. The van der Waals surface area contributed by atoms with Gasteiger partial charge in [-0.3, -0.25) is 0 Å². The molecule has 0 aliphatic carbocycles. The van der Waals surface area contributed by atoms with E-state index in [0.717, 1.165) is 5.92 Å². The summed E-state index contributed by atoms with van der Waals surface area (Å²) in [4.78, 5) is 0. The van der Waals surface area contributed by atoms with Crippen molar-refractivity contribution < 1.29 is 0 Å². The molecule has 0 radical (unpaired) electrons. The van der Waals surface area contributed by atoms with Crippen LogP contribution in [0.5, 0.6) is 0 Å². The maximum absolute atomic E-state index is 2.31. The van der Waals surface area contributed by atoms with Gasteiger partial charge in [-0.15, -0.1) is 0 Å². The summed E-state index contributed by atoms with van der Waals surface area (Å²) in [7, 11) is 0. The topological polar surface area (TPSA) is 0 Å². The highest BCUT2D eigenvalue weighted by Gasteiger charge is 1.95. The summed E-state index contributed by atoms with van der Waals surface area (Å²) in [5.74, 6) is 0.836. The molecule has 0 bridgehead atoms. The van der Waals surface area contributed by atoms with Crippen molar-refractivity contribution >= 4 is 9.90 Å². The molecule has 1 heteroatoms. The fourth-order valence-electron chi connectivity index (χ4n) is 1.03. The van der Waals surface area contributed by atoms with Gasteiger partial charge in [0.05, 0.1) is 0 Å². The summed E-state index contributed by atoms with van der Waals surface area (Å²) < 4.78 is 0. The van der Waals surface area contributed by atoms with Crippen LogP contribution in [-0.2, 0) is 0 Å². The zero-order valence-corrected chi connectivity index (χ0v) is 10.1. The largest absolute Gasteiger partial charge is 0.153 e. The molecule has 0 rings (SSSR count). The van der Waals surface area contributed by atoms with E-state index >= 15 is 0 Å². The van der Waals surface area contributed by atoms with E-state index in [0.29, 0.717) is 0 Å². The lowest BCUT2D eigenvalue weighted by Gasteiger charge is -2.04. The molecule has 0 aromatic heterocycles. The molecule has 0 aromatic carbocycles. The molecule has 2 atom stereocenters. The first-order chi connectivity index (χ1) is 5.31. The van der Waals surface area contributed by atoms with E-state index in [1.807, 2.05) is 0 Å². The van der Waals surface area contributed by atoms with Crippen LogP contribution in [0.4, 0.5) is 0 Å². The Hall–Kier alpha value is -0.0900. The molecular formula is C14H35P. The second-order valence-corrected chi connectivity index (χ2v) is 3.06. The Morgan fingerprint density at radius 3 is 1.80 bits per heavy atom. The highest BCUT2D eigenvalue weighted by atomic mass is 31.0. The molecule has 0 aromatic rings. The zero-order valence-electron chi connectivity index (χ0n) is 8.72. The van der Waals surface area contributed by atoms with Gasteiger partial charge in [0.2, 0.25) is 0 Å². The molecule has 96 valence electrons. The van der Waals surface area contributed by atoms with E-state index in [-0.39, 0.29) is 32.2 Å². The highest BCUT2D eigenvalue weighted by Crippen LogP contribution is 2.10. The van der Waals surface area contributed by atoms with Gasteiger partial charge in [-0.2, -0.15) is 9.90 Å². The molecule has 0 spiro atoms. The second-order valence-electron chi connectivity index (χ2n) is 3.06. The van der Waals surface area contributed by atoms with Gasteiger partial charge in [-0.05, 0) is 39.0 Å². The number of hydrogen-bond donors (Lipinski definition) is 0. The molecule has 0 nitrogen and oxygen atoms in total. The first-order valence-corrected chi connectivity index (χ1v) is 4.53. The molecule has 2 unspecified atom stereocenters. The number of hydrogen-bond acceptors (Lipinski definition) is 0. The van der Waals surface area contributed by atoms with E-state index < -0.39 is 0 Å². The Labute approximate surface area is 103 Å². The van der Waals surface area contributed by atoms with E-state index in [1.54, 1.807) is 0 Å². The van der Waals surface area contributed by atoms with E-state index in [1.165, 1.54) is 19.3 Å². The average Bonchev–Trinajstić information content (AvgIpc) is 2.01. The number of rotatable bonds is 5. The lowest BCUT2D eigenvalue weighted by Crippen LogP contribution is -1.90. The molecule has 0 fully saturated rings. The lowest BCUT2D eigenvalue weighted by molar-refractivity contribution is 0.546. The van der Waals surface area contributed by atoms with Gasteiger partial charge in [0.15, 0.2) is 0 Å². The molecule has 0 aliphatic rings. The van der Waals surface area contributed by atoms with Crippen molar-refractivity contribution in [3.63, 3.8) is 0 Å². The summed E-state index contributed by atoms with van der Waals surface area (Å²) in [6, 6.07) is 0. The molecule has 0 aliphatic heterocycles. The van der Waals surface area contributed by atoms with Crippen molar-refractivity contribution in [1.82, 2.24) is 0 Å². The minimum absolute atomic E-state index is 0. The summed E-state index contributed by atoms with van der Waals surface area (Å²) in [6.45, 7) is 6.47. The quantitative estimate of drug-likeness (QED) is 0.409. The van der Waals surface area contributed by atoms with Gasteiger partial charge in [0.1, 0.15) is 0 Å². The van der Waals surface area contributed by atoms with Gasteiger partial charge < -0.3 is 0 Å². The van der Waals surface area contributed by atoms with Crippen LogP contribution in [0.2, 0.25) is 0 Å². The summed E-state index contributed by atoms with van der Waals surface area (Å²) in [5.41, 5.74) is 0. The minimum atomic E-state index is 0. The van der Waals surface area contributed by atoms with Crippen LogP contribution in [0.3, 0.4) is 0 Å². The van der Waals surface area contributed by atoms with E-state index in [2.05, 4.69) is 45.1 Å². The standard InChI is InChI=1S/C11H20.3CH4.H3P/c1-4-6-8-10-11(3)9-7-5-2;;;;/h4-7,11H,8-10H2,1-3H3;3*1H4;1H3. The normalized spacial score (nSPS) is 10.9. The van der Waals surface area contributed by atoms with Gasteiger partial charge >= 0.3 is 0 Å². The third kappa shape index (κ3) is 24.9. The van der Waals surface area contributed by atoms with Crippen molar-refractivity contribution in [1.29, 1.82) is 0 Å². The predicted octanol–water partition coefficient (Wildman–Crippen LogP) is 5.91. The van der Waals surface area contributed by atoms with Crippen LogP contribution in [0, 0.1) is 5.92 Å². The predicted molar refractivity (Wildman–Crippen MR) is 83.9 cm³/mol. The SMILES string of the molecule is C.C.C.CC=CCCC(C)CC=CC.P. The van der Waals surface area contributed by atoms with Crippen LogP contribution in [0.15, 0.2) is 24.3 Å². The second kappa shape index (κ2) is 23.6. The van der Waals surface area contributed by atoms with Crippen molar-refractivity contribution in [3.05, 3.63) is 24.3 Å². The van der Waals surface area contributed by atoms with Crippen molar-refractivity contribution in [2.75, 3.05) is 0 Å². The Bertz CT molecular complexity index is 125. The Morgan fingerprint density at radius 1 is 0.933 bits per heavy atom. The van der Waals surface area contributed by atoms with Crippen LogP contribution in [0.25, 0.3) is 0 Å². The third-order valence-corrected chi connectivity index (χ3v) is 1.84. The Morgan fingerprint density at radius 2 is 1.40 bits per heavy atom. The van der Waals surface area contributed by atoms with Crippen molar-refractivity contribution in [2.24, 2.45) is 5.92 Å². The van der Waals surface area contributed by atoms with Crippen LogP contribution in [0.1, 0.15) is 62.3 Å². The van der Waals surface area contributed by atoms with Crippen molar-refractivity contribution in [3.8, 4) is 0 Å². The Kier molecular flexibility index (Phi) is 46.2. The first kappa shape index (κ1) is 29.4. The third-order valence-electron chi connectivity index (χ3n) is 1.84. The minimum Gasteiger partial charge on any atom is -0.153 e. The molecule has 0 saturated carbocycles. The van der Waals surface area contributed by atoms with Crippen LogP contribution < -0.4 is 0 Å². The first-order valence-electron chi connectivity index (χ1n) is 4.53. The molecule has 0 heterocycles. The highest BCUT2D eigenvalue weighted by molar-refractivity contribution is 6.92. The average molecular weight is 234 g/mol. The van der Waals surface area contributed by atoms with Crippen LogP contribution >= 0.6 is 9.90 Å². The van der Waals surface area contributed by atoms with Gasteiger partial charge in [-0.25, -0.2) is 0 Å². The molecule has 0 saturated heterocycles. The molecule has 0 N–H and O–H groups in total. The van der Waals surface area contributed by atoms with Gasteiger partial charge in [0, 0.05) is 0 Å². The lowest BCUT2D eigenvalue weighted by atomic mass is 10.0. The van der Waals surface area contributed by atoms with Crippen molar-refractivity contribution in [2.45, 2.75) is 62.3 Å². The fourth-order valence-corrected chi connectivity index (χ4v) is 1.03.